The van der Waals surface area contributed by atoms with Gasteiger partial charge in [-0.25, -0.2) is 8.78 Å². The van der Waals surface area contributed by atoms with Gasteiger partial charge in [-0.15, -0.1) is 0 Å². The largest absolute Gasteiger partial charge is 0.367 e. The number of hydrogen-bond acceptors (Lipinski definition) is 3. The van der Waals surface area contributed by atoms with Crippen LogP contribution in [0.3, 0.4) is 0 Å². The van der Waals surface area contributed by atoms with Crippen LogP contribution in [0.5, 0.6) is 0 Å². The Hall–Kier alpha value is -1.50. The van der Waals surface area contributed by atoms with Crippen molar-refractivity contribution in [3.05, 3.63) is 33.9 Å². The number of non-ortho nitro benzene ring substituents is 1. The second-order valence-corrected chi connectivity index (χ2v) is 11.0. The van der Waals surface area contributed by atoms with Gasteiger partial charge in [0.05, 0.1) is 25.1 Å². The molecule has 1 fully saturated rings. The molecule has 0 spiro atoms. The predicted octanol–water partition coefficient (Wildman–Crippen LogP) is 3.40. The van der Waals surface area contributed by atoms with Crippen LogP contribution in [0, 0.1) is 21.7 Å². The summed E-state index contributed by atoms with van der Waals surface area (Å²) in [7, 11) is -1.22. The summed E-state index contributed by atoms with van der Waals surface area (Å²) in [6, 6.07) is 3.52. The zero-order chi connectivity index (χ0) is 14.2. The maximum Gasteiger partial charge on any atom is 0.275 e. The molecule has 19 heavy (non-hydrogen) atoms. The van der Waals surface area contributed by atoms with Crippen LogP contribution in [0.15, 0.2) is 12.1 Å². The van der Waals surface area contributed by atoms with Crippen molar-refractivity contribution in [2.75, 3.05) is 18.0 Å². The minimum Gasteiger partial charge on any atom is -0.367 e. The Balaban J connectivity index is 2.29. The fraction of sp³-hybridized carbons (Fsp3) is 0.500. The van der Waals surface area contributed by atoms with Crippen molar-refractivity contribution in [1.82, 2.24) is 0 Å². The van der Waals surface area contributed by atoms with E-state index < -0.39 is 30.3 Å². The molecule has 1 heterocycles. The number of anilines is 1. The quantitative estimate of drug-likeness (QED) is 0.475. The highest BCUT2D eigenvalue weighted by Gasteiger charge is 2.30. The molecule has 4 nitrogen and oxygen atoms in total. The van der Waals surface area contributed by atoms with Crippen LogP contribution in [0.4, 0.5) is 20.2 Å². The number of halogens is 2. The molecule has 1 aromatic rings. The first-order valence-electron chi connectivity index (χ1n) is 6.18. The Morgan fingerprint density at radius 3 is 2.11 bits per heavy atom. The highest BCUT2D eigenvalue weighted by Crippen LogP contribution is 2.32. The topological polar surface area (TPSA) is 46.4 Å². The van der Waals surface area contributed by atoms with E-state index in [4.69, 9.17) is 0 Å². The number of nitro groups is 1. The van der Waals surface area contributed by atoms with Gasteiger partial charge in [-0.1, -0.05) is 13.1 Å². The molecular weight excluding hydrogens is 270 g/mol. The Bertz CT molecular complexity index is 489. The lowest BCUT2D eigenvalue weighted by molar-refractivity contribution is -0.385. The summed E-state index contributed by atoms with van der Waals surface area (Å²) in [5.41, 5.74) is -0.680. The lowest BCUT2D eigenvalue weighted by Gasteiger charge is -2.37. The Labute approximate surface area is 111 Å². The predicted molar refractivity (Wildman–Crippen MR) is 72.3 cm³/mol. The van der Waals surface area contributed by atoms with E-state index in [0.29, 0.717) is 13.1 Å². The van der Waals surface area contributed by atoms with Gasteiger partial charge in [0, 0.05) is 13.1 Å². The second-order valence-electron chi connectivity index (χ2n) is 5.67. The molecule has 104 valence electrons. The first-order chi connectivity index (χ1) is 8.80. The molecule has 0 radical (unpaired) electrons. The van der Waals surface area contributed by atoms with Crippen LogP contribution in [-0.2, 0) is 0 Å². The first kappa shape index (κ1) is 13.9. The number of benzene rings is 1. The third kappa shape index (κ3) is 2.91. The van der Waals surface area contributed by atoms with E-state index in [1.54, 1.807) is 4.90 Å². The van der Waals surface area contributed by atoms with Gasteiger partial charge in [0.15, 0.2) is 11.6 Å². The van der Waals surface area contributed by atoms with Crippen molar-refractivity contribution in [3.8, 4) is 0 Å². The summed E-state index contributed by atoms with van der Waals surface area (Å²) < 4.78 is 27.7. The standard InChI is InChI=1S/C12H16F2N2O2Si/c1-19(2)5-3-15(4-6-19)12-10(13)7-9(16(17)18)8-11(12)14/h7-8H,3-6H2,1-2H3. The smallest absolute Gasteiger partial charge is 0.275 e. The molecule has 0 aliphatic carbocycles. The molecular formula is C12H16F2N2O2Si. The van der Waals surface area contributed by atoms with Gasteiger partial charge in [0.25, 0.3) is 5.69 Å². The fourth-order valence-electron chi connectivity index (χ4n) is 2.30. The molecule has 1 saturated heterocycles. The monoisotopic (exact) mass is 286 g/mol. The fourth-order valence-corrected chi connectivity index (χ4v) is 4.30. The summed E-state index contributed by atoms with van der Waals surface area (Å²) in [5, 5.41) is 10.5. The third-order valence-electron chi connectivity index (χ3n) is 3.65. The first-order valence-corrected chi connectivity index (χ1v) is 9.60. The van der Waals surface area contributed by atoms with Gasteiger partial charge in [0.1, 0.15) is 5.69 Å². The molecule has 0 aromatic heterocycles. The molecule has 0 saturated carbocycles. The van der Waals surface area contributed by atoms with E-state index in [1.807, 2.05) is 0 Å². The molecule has 1 aliphatic rings. The number of nitrogens with zero attached hydrogens (tertiary/aromatic N) is 2. The van der Waals surface area contributed by atoms with Crippen LogP contribution >= 0.6 is 0 Å². The molecule has 1 aliphatic heterocycles. The van der Waals surface area contributed by atoms with E-state index in [1.165, 1.54) is 0 Å². The summed E-state index contributed by atoms with van der Waals surface area (Å²) in [6.45, 7) is 5.75. The van der Waals surface area contributed by atoms with E-state index in [2.05, 4.69) is 13.1 Å². The van der Waals surface area contributed by atoms with Crippen molar-refractivity contribution < 1.29 is 13.7 Å². The summed E-state index contributed by atoms with van der Waals surface area (Å²) in [6.07, 6.45) is 0. The molecule has 0 atom stereocenters. The van der Waals surface area contributed by atoms with Gasteiger partial charge >= 0.3 is 0 Å². The van der Waals surface area contributed by atoms with Crippen LogP contribution in [-0.4, -0.2) is 26.1 Å². The normalized spacial score (nSPS) is 18.4. The average molecular weight is 286 g/mol. The van der Waals surface area contributed by atoms with Gasteiger partial charge < -0.3 is 4.90 Å². The Morgan fingerprint density at radius 1 is 1.21 bits per heavy atom. The van der Waals surface area contributed by atoms with Crippen molar-refractivity contribution in [2.24, 2.45) is 0 Å². The molecule has 7 heteroatoms. The maximum absolute atomic E-state index is 13.9. The average Bonchev–Trinajstić information content (AvgIpc) is 2.30. The van der Waals surface area contributed by atoms with Crippen LogP contribution in [0.25, 0.3) is 0 Å². The van der Waals surface area contributed by atoms with Crippen LogP contribution < -0.4 is 4.90 Å². The van der Waals surface area contributed by atoms with Crippen molar-refractivity contribution in [2.45, 2.75) is 25.2 Å². The molecule has 1 aromatic carbocycles. The number of nitro benzene ring substituents is 1. The lowest BCUT2D eigenvalue weighted by atomic mass is 10.2. The summed E-state index contributed by atoms with van der Waals surface area (Å²) in [4.78, 5) is 11.4. The Kier molecular flexibility index (Phi) is 3.57. The summed E-state index contributed by atoms with van der Waals surface area (Å²) >= 11 is 0. The molecule has 0 amide bonds. The second kappa shape index (κ2) is 4.88. The van der Waals surface area contributed by atoms with Gasteiger partial charge in [0.2, 0.25) is 0 Å². The van der Waals surface area contributed by atoms with E-state index in [9.17, 15) is 18.9 Å². The van der Waals surface area contributed by atoms with Crippen molar-refractivity contribution in [3.63, 3.8) is 0 Å². The van der Waals surface area contributed by atoms with Crippen LogP contribution in [0.1, 0.15) is 0 Å². The zero-order valence-electron chi connectivity index (χ0n) is 10.9. The lowest BCUT2D eigenvalue weighted by Crippen LogP contribution is -2.43. The van der Waals surface area contributed by atoms with Crippen LogP contribution in [0.2, 0.25) is 25.2 Å². The van der Waals surface area contributed by atoms with Crippen molar-refractivity contribution >= 4 is 19.4 Å². The SMILES string of the molecule is C[Si]1(C)CCN(c2c(F)cc([N+](=O)[O-])cc2F)CC1. The highest BCUT2D eigenvalue weighted by molar-refractivity contribution is 6.77. The Morgan fingerprint density at radius 2 is 1.68 bits per heavy atom. The third-order valence-corrected chi connectivity index (χ3v) is 6.80. The summed E-state index contributed by atoms with van der Waals surface area (Å²) in [5.74, 6) is -1.71. The van der Waals surface area contributed by atoms with E-state index in [0.717, 1.165) is 24.2 Å². The molecule has 0 unspecified atom stereocenters. The molecule has 0 N–H and O–H groups in total. The zero-order valence-corrected chi connectivity index (χ0v) is 11.9. The molecule has 0 bridgehead atoms. The minimum atomic E-state index is -1.22. The van der Waals surface area contributed by atoms with E-state index in [-0.39, 0.29) is 5.69 Å². The van der Waals surface area contributed by atoms with Crippen molar-refractivity contribution in [1.29, 1.82) is 0 Å². The van der Waals surface area contributed by atoms with E-state index >= 15 is 0 Å². The molecule has 2 rings (SSSR count). The highest BCUT2D eigenvalue weighted by atomic mass is 28.3. The number of rotatable bonds is 2. The van der Waals surface area contributed by atoms with Gasteiger partial charge in [-0.3, -0.25) is 10.1 Å². The van der Waals surface area contributed by atoms with Gasteiger partial charge in [-0.2, -0.15) is 0 Å². The minimum absolute atomic E-state index is 0.130. The van der Waals surface area contributed by atoms with Gasteiger partial charge in [-0.05, 0) is 12.1 Å². The number of hydrogen-bond donors (Lipinski definition) is 0. The maximum atomic E-state index is 13.9.